The van der Waals surface area contributed by atoms with Gasteiger partial charge in [-0.05, 0) is 18.2 Å². The molecule has 0 amide bonds. The summed E-state index contributed by atoms with van der Waals surface area (Å²) in [7, 11) is 0.109. The Morgan fingerprint density at radius 3 is 2.47 bits per heavy atom. The van der Waals surface area contributed by atoms with Crippen LogP contribution in [0.2, 0.25) is 5.02 Å². The van der Waals surface area contributed by atoms with Crippen molar-refractivity contribution in [2.24, 2.45) is 0 Å². The summed E-state index contributed by atoms with van der Waals surface area (Å²) < 4.78 is 31.5. The second-order valence-electron chi connectivity index (χ2n) is 4.66. The molecule has 0 aliphatic carbocycles. The van der Waals surface area contributed by atoms with Gasteiger partial charge in [0.05, 0.1) is 50.3 Å². The van der Waals surface area contributed by atoms with Crippen molar-refractivity contribution < 1.29 is 18.1 Å². The lowest BCUT2D eigenvalue weighted by molar-refractivity contribution is -0.883. The zero-order chi connectivity index (χ0) is 14.0. The smallest absolute Gasteiger partial charge is 0.243 e. The summed E-state index contributed by atoms with van der Waals surface area (Å²) in [5.74, 6) is 0.475. The summed E-state index contributed by atoms with van der Waals surface area (Å²) >= 11 is 5.99. The van der Waals surface area contributed by atoms with E-state index in [1.165, 1.54) is 28.4 Å². The Morgan fingerprint density at radius 2 is 1.95 bits per heavy atom. The molecule has 1 N–H and O–H groups in total. The van der Waals surface area contributed by atoms with Crippen molar-refractivity contribution in [3.05, 3.63) is 23.2 Å². The summed E-state index contributed by atoms with van der Waals surface area (Å²) in [6.45, 7) is 2.72. The molecule has 1 aromatic carbocycles. The quantitative estimate of drug-likeness (QED) is 0.846. The minimum absolute atomic E-state index is 0.220. The second-order valence-corrected chi connectivity index (χ2v) is 7.00. The van der Waals surface area contributed by atoms with Gasteiger partial charge in [0.2, 0.25) is 10.0 Å². The Morgan fingerprint density at radius 1 is 1.32 bits per heavy atom. The fourth-order valence-electron chi connectivity index (χ4n) is 2.06. The molecule has 5 nitrogen and oxygen atoms in total. The van der Waals surface area contributed by atoms with Crippen LogP contribution in [0.25, 0.3) is 0 Å². The molecular formula is C12H18ClN2O3S+. The predicted octanol–water partition coefficient (Wildman–Crippen LogP) is -0.132. The van der Waals surface area contributed by atoms with Crippen molar-refractivity contribution in [3.63, 3.8) is 0 Å². The first-order valence-corrected chi connectivity index (χ1v) is 7.92. The summed E-state index contributed by atoms with van der Waals surface area (Å²) in [6, 6.07) is 4.56. The third kappa shape index (κ3) is 3.02. The summed E-state index contributed by atoms with van der Waals surface area (Å²) in [4.78, 5) is 1.57. The van der Waals surface area contributed by atoms with E-state index in [1.807, 2.05) is 0 Å². The second kappa shape index (κ2) is 5.66. The van der Waals surface area contributed by atoms with Crippen molar-refractivity contribution in [1.29, 1.82) is 0 Å². The zero-order valence-corrected chi connectivity index (χ0v) is 12.6. The van der Waals surface area contributed by atoms with Gasteiger partial charge in [-0.25, -0.2) is 8.42 Å². The Bertz CT molecular complexity index is 554. The molecule has 0 unspecified atom stereocenters. The first-order valence-electron chi connectivity index (χ1n) is 6.10. The summed E-state index contributed by atoms with van der Waals surface area (Å²) in [5.41, 5.74) is 0. The molecule has 19 heavy (non-hydrogen) atoms. The largest absolute Gasteiger partial charge is 0.495 e. The third-order valence-corrected chi connectivity index (χ3v) is 5.53. The lowest BCUT2D eigenvalue weighted by Gasteiger charge is -2.29. The molecule has 0 saturated carbocycles. The van der Waals surface area contributed by atoms with Crippen LogP contribution in [-0.2, 0) is 10.0 Å². The van der Waals surface area contributed by atoms with Gasteiger partial charge in [0, 0.05) is 0 Å². The van der Waals surface area contributed by atoms with E-state index in [1.54, 1.807) is 6.07 Å². The number of methoxy groups -OCH3 is 1. The van der Waals surface area contributed by atoms with Crippen LogP contribution in [0.15, 0.2) is 23.1 Å². The fraction of sp³-hybridized carbons (Fsp3) is 0.500. The highest BCUT2D eigenvalue weighted by molar-refractivity contribution is 7.89. The first-order chi connectivity index (χ1) is 8.95. The zero-order valence-electron chi connectivity index (χ0n) is 11.0. The monoisotopic (exact) mass is 305 g/mol. The SMILES string of the molecule is COc1ccc(S(=O)(=O)N2CC[NH+](C)CC2)cc1Cl. The normalized spacial score (nSPS) is 18.5. The van der Waals surface area contributed by atoms with Crippen molar-refractivity contribution in [2.45, 2.75) is 4.90 Å². The number of halogens is 1. The van der Waals surface area contributed by atoms with E-state index in [9.17, 15) is 8.42 Å². The average molecular weight is 306 g/mol. The van der Waals surface area contributed by atoms with Gasteiger partial charge in [0.1, 0.15) is 5.75 Å². The van der Waals surface area contributed by atoms with Gasteiger partial charge < -0.3 is 9.64 Å². The van der Waals surface area contributed by atoms with E-state index in [0.29, 0.717) is 23.9 Å². The Balaban J connectivity index is 2.27. The van der Waals surface area contributed by atoms with Crippen LogP contribution in [0.1, 0.15) is 0 Å². The van der Waals surface area contributed by atoms with Crippen LogP contribution in [0.4, 0.5) is 0 Å². The Hall–Kier alpha value is -0.820. The highest BCUT2D eigenvalue weighted by atomic mass is 35.5. The van der Waals surface area contributed by atoms with E-state index in [2.05, 4.69) is 7.05 Å². The van der Waals surface area contributed by atoms with E-state index in [4.69, 9.17) is 16.3 Å². The van der Waals surface area contributed by atoms with E-state index >= 15 is 0 Å². The topological polar surface area (TPSA) is 51.1 Å². The molecule has 1 aliphatic heterocycles. The number of nitrogens with zero attached hydrogens (tertiary/aromatic N) is 1. The van der Waals surface area contributed by atoms with Gasteiger partial charge in [-0.1, -0.05) is 11.6 Å². The molecule has 1 saturated heterocycles. The van der Waals surface area contributed by atoms with Crippen LogP contribution in [0.3, 0.4) is 0 Å². The lowest BCUT2D eigenvalue weighted by atomic mass is 10.3. The first kappa shape index (κ1) is 14.6. The van der Waals surface area contributed by atoms with Gasteiger partial charge in [-0.15, -0.1) is 0 Å². The Labute approximate surface area is 118 Å². The van der Waals surface area contributed by atoms with Gasteiger partial charge in [0.25, 0.3) is 0 Å². The van der Waals surface area contributed by atoms with Gasteiger partial charge in [-0.3, -0.25) is 0 Å². The molecular weight excluding hydrogens is 288 g/mol. The lowest BCUT2D eigenvalue weighted by Crippen LogP contribution is -3.12. The number of benzene rings is 1. The molecule has 0 atom stereocenters. The minimum atomic E-state index is -3.45. The number of sulfonamides is 1. The highest BCUT2D eigenvalue weighted by Crippen LogP contribution is 2.28. The average Bonchev–Trinajstić information content (AvgIpc) is 2.39. The molecule has 0 spiro atoms. The number of hydrogen-bond acceptors (Lipinski definition) is 3. The number of ether oxygens (including phenoxy) is 1. The van der Waals surface area contributed by atoms with Crippen LogP contribution in [-0.4, -0.2) is 53.1 Å². The predicted molar refractivity (Wildman–Crippen MR) is 73.4 cm³/mol. The van der Waals surface area contributed by atoms with Crippen molar-refractivity contribution >= 4 is 21.6 Å². The molecule has 1 heterocycles. The maximum atomic E-state index is 12.5. The van der Waals surface area contributed by atoms with Gasteiger partial charge in [-0.2, -0.15) is 4.31 Å². The maximum Gasteiger partial charge on any atom is 0.243 e. The molecule has 2 rings (SSSR count). The maximum absolute atomic E-state index is 12.5. The molecule has 1 aliphatic rings. The highest BCUT2D eigenvalue weighted by Gasteiger charge is 2.29. The number of hydrogen-bond donors (Lipinski definition) is 1. The van der Waals surface area contributed by atoms with Gasteiger partial charge >= 0.3 is 0 Å². The third-order valence-electron chi connectivity index (χ3n) is 3.34. The van der Waals surface area contributed by atoms with Crippen LogP contribution >= 0.6 is 11.6 Å². The fourth-order valence-corrected chi connectivity index (χ4v) is 3.86. The summed E-state index contributed by atoms with van der Waals surface area (Å²) in [5, 5.41) is 0.309. The number of rotatable bonds is 3. The molecule has 1 fully saturated rings. The molecule has 7 heteroatoms. The van der Waals surface area contributed by atoms with E-state index < -0.39 is 10.0 Å². The minimum Gasteiger partial charge on any atom is -0.495 e. The van der Waals surface area contributed by atoms with Crippen molar-refractivity contribution in [3.8, 4) is 5.75 Å². The van der Waals surface area contributed by atoms with Crippen LogP contribution in [0, 0.1) is 0 Å². The molecule has 0 radical (unpaired) electrons. The van der Waals surface area contributed by atoms with Crippen molar-refractivity contribution in [1.82, 2.24) is 4.31 Å². The van der Waals surface area contributed by atoms with E-state index in [-0.39, 0.29) is 4.90 Å². The number of quaternary nitrogens is 1. The number of piperazine rings is 1. The van der Waals surface area contributed by atoms with Gasteiger partial charge in [0.15, 0.2) is 0 Å². The van der Waals surface area contributed by atoms with Crippen LogP contribution in [0.5, 0.6) is 5.75 Å². The summed E-state index contributed by atoms with van der Waals surface area (Å²) in [6.07, 6.45) is 0. The number of likely N-dealkylation sites (N-methyl/N-ethyl adjacent to an activating group) is 1. The molecule has 0 bridgehead atoms. The standard InChI is InChI=1S/C12H17ClN2O3S/c1-14-5-7-15(8-6-14)19(16,17)10-3-4-12(18-2)11(13)9-10/h3-4,9H,5-8H2,1-2H3/p+1. The number of nitrogens with one attached hydrogen (secondary N) is 1. The Kier molecular flexibility index (Phi) is 4.35. The van der Waals surface area contributed by atoms with Crippen LogP contribution < -0.4 is 9.64 Å². The molecule has 106 valence electrons. The van der Waals surface area contributed by atoms with E-state index in [0.717, 1.165) is 13.1 Å². The van der Waals surface area contributed by atoms with Crippen molar-refractivity contribution in [2.75, 3.05) is 40.3 Å². The molecule has 0 aromatic heterocycles. The molecule has 1 aromatic rings.